The summed E-state index contributed by atoms with van der Waals surface area (Å²) in [5.41, 5.74) is 1.08. The molecule has 6 heteroatoms. The quantitative estimate of drug-likeness (QED) is 0.812. The van der Waals surface area contributed by atoms with E-state index in [1.165, 1.54) is 6.07 Å². The van der Waals surface area contributed by atoms with Gasteiger partial charge in [-0.25, -0.2) is 0 Å². The van der Waals surface area contributed by atoms with Crippen LogP contribution in [0.1, 0.15) is 22.1 Å². The van der Waals surface area contributed by atoms with Crippen molar-refractivity contribution >= 4 is 29.1 Å². The first-order valence-corrected chi connectivity index (χ1v) is 6.38. The number of benzene rings is 1. The number of aromatic amines is 1. The van der Waals surface area contributed by atoms with Crippen molar-refractivity contribution in [3.63, 3.8) is 0 Å². The SMILES string of the molecule is O=C(NC(CO)c1ccccc1)c1cc(Cl)c(Cl)[nH]1. The summed E-state index contributed by atoms with van der Waals surface area (Å²) in [6.07, 6.45) is 0. The van der Waals surface area contributed by atoms with Crippen molar-refractivity contribution in [2.75, 3.05) is 6.61 Å². The first-order valence-electron chi connectivity index (χ1n) is 5.62. The third-order valence-corrected chi connectivity index (χ3v) is 3.35. The summed E-state index contributed by atoms with van der Waals surface area (Å²) in [5, 5.41) is 12.6. The summed E-state index contributed by atoms with van der Waals surface area (Å²) >= 11 is 11.5. The van der Waals surface area contributed by atoms with Crippen molar-refractivity contribution in [3.05, 3.63) is 57.8 Å². The Morgan fingerprint density at radius 3 is 2.53 bits per heavy atom. The highest BCUT2D eigenvalue weighted by molar-refractivity contribution is 6.41. The number of hydrogen-bond donors (Lipinski definition) is 3. The molecule has 0 spiro atoms. The Kier molecular flexibility index (Phi) is 4.47. The molecule has 4 nitrogen and oxygen atoms in total. The zero-order chi connectivity index (χ0) is 13.8. The zero-order valence-electron chi connectivity index (χ0n) is 9.86. The largest absolute Gasteiger partial charge is 0.394 e. The average molecular weight is 299 g/mol. The molecule has 0 aliphatic heterocycles. The minimum atomic E-state index is -0.477. The smallest absolute Gasteiger partial charge is 0.268 e. The van der Waals surface area contributed by atoms with E-state index in [0.717, 1.165) is 5.56 Å². The van der Waals surface area contributed by atoms with Crippen LogP contribution < -0.4 is 5.32 Å². The third-order valence-electron chi connectivity index (χ3n) is 2.66. The molecule has 1 unspecified atom stereocenters. The van der Waals surface area contributed by atoms with Crippen LogP contribution in [0.3, 0.4) is 0 Å². The summed E-state index contributed by atoms with van der Waals surface area (Å²) in [6.45, 7) is -0.197. The van der Waals surface area contributed by atoms with Gasteiger partial charge in [-0.1, -0.05) is 53.5 Å². The Labute approximate surface area is 120 Å². The fourth-order valence-corrected chi connectivity index (χ4v) is 1.99. The number of carbonyl (C=O) groups excluding carboxylic acids is 1. The number of aliphatic hydroxyl groups is 1. The Balaban J connectivity index is 2.13. The lowest BCUT2D eigenvalue weighted by Crippen LogP contribution is -2.30. The Bertz CT molecular complexity index is 550. The Morgan fingerprint density at radius 2 is 2.00 bits per heavy atom. The van der Waals surface area contributed by atoms with Crippen molar-refractivity contribution in [1.82, 2.24) is 10.3 Å². The molecular formula is C13H12Cl2N2O2. The van der Waals surface area contributed by atoms with E-state index in [4.69, 9.17) is 23.2 Å². The summed E-state index contributed by atoms with van der Waals surface area (Å²) in [6, 6.07) is 10.2. The van der Waals surface area contributed by atoms with Gasteiger partial charge in [0.2, 0.25) is 0 Å². The summed E-state index contributed by atoms with van der Waals surface area (Å²) in [4.78, 5) is 14.6. The second-order valence-electron chi connectivity index (χ2n) is 3.96. The van der Waals surface area contributed by atoms with Gasteiger partial charge in [0.1, 0.15) is 10.8 Å². The van der Waals surface area contributed by atoms with E-state index in [2.05, 4.69) is 10.3 Å². The average Bonchev–Trinajstić information content (AvgIpc) is 2.77. The van der Waals surface area contributed by atoms with Gasteiger partial charge in [0.05, 0.1) is 17.7 Å². The molecule has 1 heterocycles. The van der Waals surface area contributed by atoms with Gasteiger partial charge < -0.3 is 15.4 Å². The van der Waals surface area contributed by atoms with Crippen molar-refractivity contribution in [3.8, 4) is 0 Å². The third kappa shape index (κ3) is 3.29. The number of aliphatic hydroxyl groups excluding tert-OH is 1. The predicted octanol–water partition coefficient (Wildman–Crippen LogP) is 2.78. The predicted molar refractivity (Wildman–Crippen MR) is 74.5 cm³/mol. The zero-order valence-corrected chi connectivity index (χ0v) is 11.4. The van der Waals surface area contributed by atoms with Gasteiger partial charge in [-0.05, 0) is 11.6 Å². The molecule has 0 aliphatic rings. The lowest BCUT2D eigenvalue weighted by atomic mass is 10.1. The molecular weight excluding hydrogens is 287 g/mol. The van der Waals surface area contributed by atoms with Crippen LogP contribution in [-0.4, -0.2) is 22.6 Å². The second kappa shape index (κ2) is 6.10. The molecule has 2 rings (SSSR count). The van der Waals surface area contributed by atoms with Crippen molar-refractivity contribution < 1.29 is 9.90 Å². The maximum absolute atomic E-state index is 12.0. The molecule has 0 fully saturated rings. The van der Waals surface area contributed by atoms with Gasteiger partial charge in [-0.15, -0.1) is 0 Å². The fourth-order valence-electron chi connectivity index (χ4n) is 1.68. The standard InChI is InChI=1S/C13H12Cl2N2O2/c14-9-6-10(16-12(9)15)13(19)17-11(7-18)8-4-2-1-3-5-8/h1-6,11,16,18H,7H2,(H,17,19). The number of amides is 1. The van der Waals surface area contributed by atoms with Gasteiger partial charge in [0, 0.05) is 0 Å². The maximum atomic E-state index is 12.0. The first-order chi connectivity index (χ1) is 9.11. The normalized spacial score (nSPS) is 12.2. The molecule has 1 aromatic heterocycles. The minimum Gasteiger partial charge on any atom is -0.394 e. The molecule has 19 heavy (non-hydrogen) atoms. The van der Waals surface area contributed by atoms with Crippen LogP contribution in [0.2, 0.25) is 10.2 Å². The molecule has 0 aliphatic carbocycles. The van der Waals surface area contributed by atoms with Gasteiger partial charge >= 0.3 is 0 Å². The highest BCUT2D eigenvalue weighted by Crippen LogP contribution is 2.22. The van der Waals surface area contributed by atoms with E-state index in [0.29, 0.717) is 0 Å². The molecule has 3 N–H and O–H groups in total. The van der Waals surface area contributed by atoms with Gasteiger partial charge in [-0.3, -0.25) is 4.79 Å². The Hall–Kier alpha value is -1.49. The number of halogens is 2. The number of hydrogen-bond acceptors (Lipinski definition) is 2. The topological polar surface area (TPSA) is 65.1 Å². The van der Waals surface area contributed by atoms with Crippen LogP contribution in [0.4, 0.5) is 0 Å². The lowest BCUT2D eigenvalue weighted by molar-refractivity contribution is 0.0912. The summed E-state index contributed by atoms with van der Waals surface area (Å²) in [7, 11) is 0. The number of rotatable bonds is 4. The van der Waals surface area contributed by atoms with Crippen LogP contribution in [0, 0.1) is 0 Å². The van der Waals surface area contributed by atoms with E-state index >= 15 is 0 Å². The molecule has 0 saturated heterocycles. The molecule has 0 saturated carbocycles. The Morgan fingerprint density at radius 1 is 1.32 bits per heavy atom. The first kappa shape index (κ1) is 13.9. The number of aromatic nitrogens is 1. The van der Waals surface area contributed by atoms with Crippen LogP contribution in [-0.2, 0) is 0 Å². The minimum absolute atomic E-state index is 0.197. The van der Waals surface area contributed by atoms with Crippen molar-refractivity contribution in [1.29, 1.82) is 0 Å². The lowest BCUT2D eigenvalue weighted by Gasteiger charge is -2.16. The van der Waals surface area contributed by atoms with Crippen LogP contribution >= 0.6 is 23.2 Å². The number of nitrogens with one attached hydrogen (secondary N) is 2. The summed E-state index contributed by atoms with van der Waals surface area (Å²) < 4.78 is 0. The van der Waals surface area contributed by atoms with E-state index in [9.17, 15) is 9.90 Å². The molecule has 0 bridgehead atoms. The van der Waals surface area contributed by atoms with Gasteiger partial charge in [0.25, 0.3) is 5.91 Å². The summed E-state index contributed by atoms with van der Waals surface area (Å²) in [5.74, 6) is -0.378. The molecule has 1 atom stereocenters. The molecule has 1 amide bonds. The van der Waals surface area contributed by atoms with Crippen LogP contribution in [0.25, 0.3) is 0 Å². The maximum Gasteiger partial charge on any atom is 0.268 e. The number of carbonyl (C=O) groups is 1. The van der Waals surface area contributed by atoms with Gasteiger partial charge in [-0.2, -0.15) is 0 Å². The van der Waals surface area contributed by atoms with Crippen LogP contribution in [0.5, 0.6) is 0 Å². The molecule has 0 radical (unpaired) electrons. The van der Waals surface area contributed by atoms with E-state index in [1.807, 2.05) is 30.3 Å². The van der Waals surface area contributed by atoms with Gasteiger partial charge in [0.15, 0.2) is 0 Å². The van der Waals surface area contributed by atoms with E-state index < -0.39 is 6.04 Å². The molecule has 2 aromatic rings. The van der Waals surface area contributed by atoms with E-state index in [-0.39, 0.29) is 28.4 Å². The van der Waals surface area contributed by atoms with Crippen molar-refractivity contribution in [2.24, 2.45) is 0 Å². The molecule has 100 valence electrons. The monoisotopic (exact) mass is 298 g/mol. The molecule has 1 aromatic carbocycles. The highest BCUT2D eigenvalue weighted by atomic mass is 35.5. The number of H-pyrrole nitrogens is 1. The highest BCUT2D eigenvalue weighted by Gasteiger charge is 2.17. The second-order valence-corrected chi connectivity index (χ2v) is 4.75. The van der Waals surface area contributed by atoms with Crippen molar-refractivity contribution in [2.45, 2.75) is 6.04 Å². The fraction of sp³-hybridized carbons (Fsp3) is 0.154. The van der Waals surface area contributed by atoms with E-state index in [1.54, 1.807) is 0 Å². The van der Waals surface area contributed by atoms with Crippen LogP contribution in [0.15, 0.2) is 36.4 Å².